The van der Waals surface area contributed by atoms with Gasteiger partial charge in [-0.15, -0.1) is 5.10 Å². The van der Waals surface area contributed by atoms with Gasteiger partial charge in [-0.3, -0.25) is 9.48 Å². The summed E-state index contributed by atoms with van der Waals surface area (Å²) in [6, 6.07) is 3.05. The second kappa shape index (κ2) is 5.79. The number of nitrogens with one attached hydrogen (secondary N) is 1. The minimum absolute atomic E-state index is 0.114. The van der Waals surface area contributed by atoms with Crippen LogP contribution in [0.25, 0.3) is 0 Å². The topological polar surface area (TPSA) is 72.7 Å². The van der Waals surface area contributed by atoms with Crippen molar-refractivity contribution in [3.63, 3.8) is 0 Å². The monoisotopic (exact) mass is 285 g/mol. The first-order valence-electron chi connectivity index (χ1n) is 5.11. The second-order valence-corrected chi connectivity index (χ2v) is 4.18. The number of carbonyl (C=O) groups is 1. The number of aromatic nitrogens is 4. The number of hydrogen-bond acceptors (Lipinski definition) is 4. The van der Waals surface area contributed by atoms with Crippen molar-refractivity contribution in [3.05, 3.63) is 40.4 Å². The fourth-order valence-electron chi connectivity index (χ4n) is 1.30. The van der Waals surface area contributed by atoms with Gasteiger partial charge in [0.05, 0.1) is 17.8 Å². The van der Waals surface area contributed by atoms with Gasteiger partial charge in [0.2, 0.25) is 0 Å². The van der Waals surface area contributed by atoms with Gasteiger partial charge < -0.3 is 5.32 Å². The molecule has 1 amide bonds. The molecule has 0 unspecified atom stereocenters. The van der Waals surface area contributed by atoms with Crippen molar-refractivity contribution in [1.29, 1.82) is 0 Å². The van der Waals surface area contributed by atoms with Crippen molar-refractivity contribution >= 4 is 29.1 Å². The average molecular weight is 286 g/mol. The van der Waals surface area contributed by atoms with E-state index < -0.39 is 0 Å². The van der Waals surface area contributed by atoms with Gasteiger partial charge in [-0.05, 0) is 12.1 Å². The Kier molecular flexibility index (Phi) is 4.11. The van der Waals surface area contributed by atoms with E-state index in [1.165, 1.54) is 12.1 Å². The molecule has 0 bridgehead atoms. The maximum absolute atomic E-state index is 11.8. The minimum Gasteiger partial charge on any atom is -0.349 e. The average Bonchev–Trinajstić information content (AvgIpc) is 2.85. The van der Waals surface area contributed by atoms with E-state index in [4.69, 9.17) is 23.2 Å². The summed E-state index contributed by atoms with van der Waals surface area (Å²) in [5.74, 6) is -0.373. The van der Waals surface area contributed by atoms with Gasteiger partial charge >= 0.3 is 0 Å². The third kappa shape index (κ3) is 3.18. The van der Waals surface area contributed by atoms with E-state index in [0.717, 1.165) is 0 Å². The molecule has 0 aliphatic heterocycles. The van der Waals surface area contributed by atoms with Crippen molar-refractivity contribution in [2.75, 3.05) is 6.54 Å². The second-order valence-electron chi connectivity index (χ2n) is 3.39. The summed E-state index contributed by atoms with van der Waals surface area (Å²) in [6.07, 6.45) is 3.27. The molecule has 6 nitrogen and oxygen atoms in total. The van der Waals surface area contributed by atoms with Crippen molar-refractivity contribution in [2.24, 2.45) is 0 Å². The number of rotatable bonds is 4. The van der Waals surface area contributed by atoms with Crippen LogP contribution in [0.5, 0.6) is 0 Å². The maximum atomic E-state index is 11.8. The molecular weight excluding hydrogens is 277 g/mol. The van der Waals surface area contributed by atoms with Crippen LogP contribution in [0.3, 0.4) is 0 Å². The van der Waals surface area contributed by atoms with Gasteiger partial charge in [0.25, 0.3) is 5.91 Å². The standard InChI is InChI=1S/C10H9Cl2N5O/c11-7-1-2-8(12)15-9(7)10(18)13-3-5-17-6-4-14-16-17/h1-2,4,6H,3,5H2,(H,13,18). The Bertz CT molecular complexity index is 543. The van der Waals surface area contributed by atoms with Crippen LogP contribution < -0.4 is 5.32 Å². The lowest BCUT2D eigenvalue weighted by Gasteiger charge is -2.06. The lowest BCUT2D eigenvalue weighted by molar-refractivity contribution is 0.0947. The van der Waals surface area contributed by atoms with Crippen molar-refractivity contribution in [3.8, 4) is 0 Å². The molecule has 0 fully saturated rings. The lowest BCUT2D eigenvalue weighted by Crippen LogP contribution is -2.28. The molecule has 0 saturated heterocycles. The maximum Gasteiger partial charge on any atom is 0.271 e. The van der Waals surface area contributed by atoms with E-state index >= 15 is 0 Å². The van der Waals surface area contributed by atoms with Gasteiger partial charge in [0.1, 0.15) is 10.8 Å². The largest absolute Gasteiger partial charge is 0.349 e. The molecule has 8 heteroatoms. The van der Waals surface area contributed by atoms with Crippen LogP contribution in [-0.4, -0.2) is 32.4 Å². The molecular formula is C10H9Cl2N5O. The molecule has 0 radical (unpaired) electrons. The highest BCUT2D eigenvalue weighted by Gasteiger charge is 2.12. The highest BCUT2D eigenvalue weighted by atomic mass is 35.5. The smallest absolute Gasteiger partial charge is 0.271 e. The molecule has 1 N–H and O–H groups in total. The summed E-state index contributed by atoms with van der Waals surface area (Å²) < 4.78 is 1.60. The van der Waals surface area contributed by atoms with Crippen molar-refractivity contribution < 1.29 is 4.79 Å². The Labute approximate surface area is 113 Å². The van der Waals surface area contributed by atoms with E-state index in [1.54, 1.807) is 17.1 Å². The molecule has 0 atom stereocenters. The zero-order chi connectivity index (χ0) is 13.0. The third-order valence-electron chi connectivity index (χ3n) is 2.13. The molecule has 2 heterocycles. The van der Waals surface area contributed by atoms with Crippen molar-refractivity contribution in [2.45, 2.75) is 6.54 Å². The van der Waals surface area contributed by atoms with E-state index in [-0.39, 0.29) is 21.8 Å². The number of pyridine rings is 1. The predicted octanol–water partition coefficient (Wildman–Crippen LogP) is 1.41. The highest BCUT2D eigenvalue weighted by molar-refractivity contribution is 6.34. The zero-order valence-electron chi connectivity index (χ0n) is 9.18. The Morgan fingerprint density at radius 3 is 2.94 bits per heavy atom. The van der Waals surface area contributed by atoms with Gasteiger partial charge in [-0.25, -0.2) is 4.98 Å². The van der Waals surface area contributed by atoms with Crippen LogP contribution in [0.15, 0.2) is 24.5 Å². The number of halogens is 2. The van der Waals surface area contributed by atoms with Crippen LogP contribution >= 0.6 is 23.2 Å². The molecule has 0 spiro atoms. The Morgan fingerprint density at radius 1 is 1.39 bits per heavy atom. The van der Waals surface area contributed by atoms with Crippen LogP contribution in [0, 0.1) is 0 Å². The van der Waals surface area contributed by atoms with E-state index in [2.05, 4.69) is 20.6 Å². The van der Waals surface area contributed by atoms with Gasteiger partial charge in [-0.1, -0.05) is 28.4 Å². The lowest BCUT2D eigenvalue weighted by atomic mass is 10.3. The summed E-state index contributed by atoms with van der Waals surface area (Å²) >= 11 is 11.6. The molecule has 2 aromatic rings. The van der Waals surface area contributed by atoms with Crippen LogP contribution in [-0.2, 0) is 6.54 Å². The van der Waals surface area contributed by atoms with Gasteiger partial charge in [0.15, 0.2) is 0 Å². The first-order chi connectivity index (χ1) is 8.66. The van der Waals surface area contributed by atoms with Crippen molar-refractivity contribution in [1.82, 2.24) is 25.3 Å². The Morgan fingerprint density at radius 2 is 2.22 bits per heavy atom. The normalized spacial score (nSPS) is 10.3. The number of carbonyl (C=O) groups excluding carboxylic acids is 1. The third-order valence-corrected chi connectivity index (χ3v) is 2.64. The number of amides is 1. The summed E-state index contributed by atoms with van der Waals surface area (Å²) in [7, 11) is 0. The Hall–Kier alpha value is -1.66. The van der Waals surface area contributed by atoms with Crippen LogP contribution in [0.4, 0.5) is 0 Å². The van der Waals surface area contributed by atoms with E-state index in [1.807, 2.05) is 0 Å². The zero-order valence-corrected chi connectivity index (χ0v) is 10.7. The molecule has 0 aromatic carbocycles. The van der Waals surface area contributed by atoms with Crippen LogP contribution in [0.2, 0.25) is 10.2 Å². The molecule has 18 heavy (non-hydrogen) atoms. The summed E-state index contributed by atoms with van der Waals surface area (Å²) in [4.78, 5) is 15.7. The molecule has 0 aliphatic rings. The Balaban J connectivity index is 1.93. The highest BCUT2D eigenvalue weighted by Crippen LogP contribution is 2.16. The minimum atomic E-state index is -0.373. The molecule has 94 valence electrons. The molecule has 2 rings (SSSR count). The summed E-state index contributed by atoms with van der Waals surface area (Å²) in [5.41, 5.74) is 0.114. The summed E-state index contributed by atoms with van der Waals surface area (Å²) in [6.45, 7) is 0.913. The van der Waals surface area contributed by atoms with Crippen LogP contribution in [0.1, 0.15) is 10.5 Å². The molecule has 2 aromatic heterocycles. The van der Waals surface area contributed by atoms with E-state index in [0.29, 0.717) is 13.1 Å². The quantitative estimate of drug-likeness (QED) is 0.862. The number of hydrogen-bond donors (Lipinski definition) is 1. The fraction of sp³-hybridized carbons (Fsp3) is 0.200. The molecule has 0 aliphatic carbocycles. The summed E-state index contributed by atoms with van der Waals surface area (Å²) in [5, 5.41) is 10.6. The predicted molar refractivity (Wildman–Crippen MR) is 66.6 cm³/mol. The molecule has 0 saturated carbocycles. The number of nitrogens with zero attached hydrogens (tertiary/aromatic N) is 4. The SMILES string of the molecule is O=C(NCCn1ccnn1)c1nc(Cl)ccc1Cl. The van der Waals surface area contributed by atoms with Gasteiger partial charge in [-0.2, -0.15) is 0 Å². The first-order valence-corrected chi connectivity index (χ1v) is 5.87. The first kappa shape index (κ1) is 12.8. The van der Waals surface area contributed by atoms with Gasteiger partial charge in [0, 0.05) is 12.7 Å². The van der Waals surface area contributed by atoms with E-state index in [9.17, 15) is 4.79 Å². The fourth-order valence-corrected chi connectivity index (χ4v) is 1.64.